The molecule has 0 unspecified atom stereocenters. The zero-order chi connectivity index (χ0) is 16.5. The van der Waals surface area contributed by atoms with Crippen molar-refractivity contribution in [1.82, 2.24) is 0 Å². The molecule has 2 rings (SSSR count). The lowest BCUT2D eigenvalue weighted by Crippen LogP contribution is -2.07. The predicted molar refractivity (Wildman–Crippen MR) is 97.1 cm³/mol. The Kier molecular flexibility index (Phi) is 7.67. The Labute approximate surface area is 144 Å². The summed E-state index contributed by atoms with van der Waals surface area (Å²) in [7, 11) is 0. The van der Waals surface area contributed by atoms with Gasteiger partial charge in [-0.2, -0.15) is 0 Å². The molecule has 0 aromatic heterocycles. The van der Waals surface area contributed by atoms with Gasteiger partial charge in [-0.05, 0) is 55.5 Å². The second-order valence-electron chi connectivity index (χ2n) is 6.54. The van der Waals surface area contributed by atoms with E-state index in [1.54, 1.807) is 6.92 Å². The van der Waals surface area contributed by atoms with E-state index in [1.807, 2.05) is 24.3 Å². The van der Waals surface area contributed by atoms with Gasteiger partial charge in [0.25, 0.3) is 0 Å². The molecule has 0 amide bonds. The quantitative estimate of drug-likeness (QED) is 0.327. The van der Waals surface area contributed by atoms with Gasteiger partial charge < -0.3 is 4.74 Å². The normalized spacial score (nSPS) is 16.3. The fourth-order valence-corrected chi connectivity index (χ4v) is 3.42. The maximum absolute atomic E-state index is 10.8. The summed E-state index contributed by atoms with van der Waals surface area (Å²) in [5.41, 5.74) is 1.53. The number of carbonyl (C=O) groups is 1. The van der Waals surface area contributed by atoms with Crippen molar-refractivity contribution >= 4 is 24.0 Å². The van der Waals surface area contributed by atoms with E-state index in [2.05, 4.69) is 0 Å². The number of hydrogen-bond acceptors (Lipinski definition) is 2. The summed E-state index contributed by atoms with van der Waals surface area (Å²) in [6, 6.07) is 5.55. The Hall–Kier alpha value is -1.28. The smallest absolute Gasteiger partial charge is 0.145 e. The van der Waals surface area contributed by atoms with Crippen LogP contribution in [0.1, 0.15) is 63.9 Å². The zero-order valence-corrected chi connectivity index (χ0v) is 14.8. The molecule has 1 fully saturated rings. The summed E-state index contributed by atoms with van der Waals surface area (Å²) in [4.78, 5) is 10.8. The van der Waals surface area contributed by atoms with Crippen LogP contribution in [-0.2, 0) is 4.79 Å². The van der Waals surface area contributed by atoms with Gasteiger partial charge in [0.05, 0.1) is 6.61 Å². The van der Waals surface area contributed by atoms with Crippen molar-refractivity contribution in [3.05, 3.63) is 34.4 Å². The fraction of sp³-hybridized carbons (Fsp3) is 0.550. The predicted octanol–water partition coefficient (Wildman–Crippen LogP) is 6.07. The van der Waals surface area contributed by atoms with Gasteiger partial charge in [-0.25, -0.2) is 0 Å². The molecule has 126 valence electrons. The van der Waals surface area contributed by atoms with Crippen molar-refractivity contribution < 1.29 is 9.53 Å². The van der Waals surface area contributed by atoms with Crippen LogP contribution in [0.2, 0.25) is 5.02 Å². The highest BCUT2D eigenvalue weighted by Crippen LogP contribution is 2.28. The van der Waals surface area contributed by atoms with Crippen molar-refractivity contribution in [2.75, 3.05) is 6.61 Å². The van der Waals surface area contributed by atoms with Gasteiger partial charge in [0.1, 0.15) is 12.0 Å². The van der Waals surface area contributed by atoms with E-state index < -0.39 is 0 Å². The molecule has 0 heterocycles. The molecule has 0 aliphatic heterocycles. The molecule has 0 saturated heterocycles. The molecule has 1 aromatic rings. The van der Waals surface area contributed by atoms with Crippen LogP contribution in [0.5, 0.6) is 5.75 Å². The molecule has 0 spiro atoms. The molecule has 0 N–H and O–H groups in total. The summed E-state index contributed by atoms with van der Waals surface area (Å²) in [6.07, 6.45) is 13.4. The van der Waals surface area contributed by atoms with E-state index in [0.29, 0.717) is 10.6 Å². The number of unbranched alkanes of at least 4 members (excludes halogenated alkanes) is 1. The van der Waals surface area contributed by atoms with Crippen LogP contribution in [0, 0.1) is 5.92 Å². The summed E-state index contributed by atoms with van der Waals surface area (Å²) in [6.45, 7) is 2.50. The summed E-state index contributed by atoms with van der Waals surface area (Å²) >= 11 is 6.04. The van der Waals surface area contributed by atoms with Gasteiger partial charge >= 0.3 is 0 Å². The molecule has 0 radical (unpaired) electrons. The minimum Gasteiger partial charge on any atom is -0.493 e. The highest BCUT2D eigenvalue weighted by molar-refractivity contribution is 6.30. The average molecular weight is 335 g/mol. The van der Waals surface area contributed by atoms with Crippen LogP contribution in [-0.4, -0.2) is 12.9 Å². The molecule has 0 bridgehead atoms. The minimum absolute atomic E-state index is 0.652. The van der Waals surface area contributed by atoms with E-state index in [1.165, 1.54) is 44.9 Å². The third-order valence-electron chi connectivity index (χ3n) is 4.53. The molecule has 1 aromatic carbocycles. The number of allylic oxidation sites excluding steroid dienone is 1. The van der Waals surface area contributed by atoms with Crippen molar-refractivity contribution in [2.24, 2.45) is 5.92 Å². The maximum Gasteiger partial charge on any atom is 0.145 e. The number of carbonyl (C=O) groups excluding carboxylic acids is 1. The van der Waals surface area contributed by atoms with Gasteiger partial charge in [-0.3, -0.25) is 4.79 Å². The van der Waals surface area contributed by atoms with Crippen LogP contribution in [0.3, 0.4) is 0 Å². The van der Waals surface area contributed by atoms with E-state index in [0.717, 1.165) is 36.5 Å². The molecule has 1 aliphatic rings. The molecular weight excluding hydrogens is 308 g/mol. The van der Waals surface area contributed by atoms with Gasteiger partial charge in [0, 0.05) is 10.6 Å². The molecular formula is C20H27ClO2. The van der Waals surface area contributed by atoms with Crippen molar-refractivity contribution in [2.45, 2.75) is 58.3 Å². The first-order chi connectivity index (χ1) is 11.2. The van der Waals surface area contributed by atoms with Crippen LogP contribution >= 0.6 is 11.6 Å². The summed E-state index contributed by atoms with van der Waals surface area (Å²) < 4.78 is 5.91. The second-order valence-corrected chi connectivity index (χ2v) is 6.97. The monoisotopic (exact) mass is 334 g/mol. The highest BCUT2D eigenvalue weighted by atomic mass is 35.5. The van der Waals surface area contributed by atoms with Crippen molar-refractivity contribution in [1.29, 1.82) is 0 Å². The molecule has 2 nitrogen and oxygen atoms in total. The van der Waals surface area contributed by atoms with Crippen LogP contribution < -0.4 is 4.74 Å². The number of ether oxygens (including phenoxy) is 1. The standard InChI is InChI=1S/C20H27ClO2/c1-16(15-22)13-18-14-19(21)10-11-20(18)23-12-6-5-9-17-7-3-2-4-8-17/h10-11,13-15,17H,2-9,12H2,1H3/b16-13+. The van der Waals surface area contributed by atoms with Crippen LogP contribution in [0.15, 0.2) is 23.8 Å². The third kappa shape index (κ3) is 6.39. The zero-order valence-electron chi connectivity index (χ0n) is 14.0. The van der Waals surface area contributed by atoms with E-state index in [4.69, 9.17) is 16.3 Å². The lowest BCUT2D eigenvalue weighted by atomic mass is 9.86. The second kappa shape index (κ2) is 9.77. The number of halogens is 1. The number of benzene rings is 1. The Bertz CT molecular complexity index is 530. The maximum atomic E-state index is 10.8. The van der Waals surface area contributed by atoms with Crippen LogP contribution in [0.25, 0.3) is 6.08 Å². The van der Waals surface area contributed by atoms with Crippen molar-refractivity contribution in [3.63, 3.8) is 0 Å². The van der Waals surface area contributed by atoms with Crippen molar-refractivity contribution in [3.8, 4) is 5.75 Å². The first kappa shape index (κ1) is 18.1. The third-order valence-corrected chi connectivity index (χ3v) is 4.77. The minimum atomic E-state index is 0.652. The van der Waals surface area contributed by atoms with Gasteiger partial charge in [0.2, 0.25) is 0 Å². The molecule has 0 atom stereocenters. The Morgan fingerprint density at radius 2 is 2.04 bits per heavy atom. The Morgan fingerprint density at radius 1 is 1.26 bits per heavy atom. The summed E-state index contributed by atoms with van der Waals surface area (Å²) in [5, 5.41) is 0.652. The lowest BCUT2D eigenvalue weighted by Gasteiger charge is -2.21. The average Bonchev–Trinajstić information content (AvgIpc) is 2.57. The Morgan fingerprint density at radius 3 is 2.78 bits per heavy atom. The van der Waals surface area contributed by atoms with E-state index >= 15 is 0 Å². The first-order valence-electron chi connectivity index (χ1n) is 8.75. The lowest BCUT2D eigenvalue weighted by molar-refractivity contribution is -0.104. The largest absolute Gasteiger partial charge is 0.493 e. The highest BCUT2D eigenvalue weighted by Gasteiger charge is 2.12. The van der Waals surface area contributed by atoms with Crippen LogP contribution in [0.4, 0.5) is 0 Å². The molecule has 1 saturated carbocycles. The SMILES string of the molecule is C/C(C=O)=C\c1cc(Cl)ccc1OCCCCC1CCCCC1. The number of hydrogen-bond donors (Lipinski definition) is 0. The number of rotatable bonds is 8. The topological polar surface area (TPSA) is 26.3 Å². The van der Waals surface area contributed by atoms with E-state index in [9.17, 15) is 4.79 Å². The summed E-state index contributed by atoms with van der Waals surface area (Å²) in [5.74, 6) is 1.74. The molecule has 1 aliphatic carbocycles. The first-order valence-corrected chi connectivity index (χ1v) is 9.12. The van der Waals surface area contributed by atoms with Gasteiger partial charge in [-0.1, -0.05) is 50.1 Å². The Balaban J connectivity index is 1.79. The van der Waals surface area contributed by atoms with Gasteiger partial charge in [0.15, 0.2) is 0 Å². The van der Waals surface area contributed by atoms with E-state index in [-0.39, 0.29) is 0 Å². The number of aldehydes is 1. The fourth-order valence-electron chi connectivity index (χ4n) is 3.24. The van der Waals surface area contributed by atoms with Gasteiger partial charge in [-0.15, -0.1) is 0 Å². The molecule has 3 heteroatoms. The molecule has 23 heavy (non-hydrogen) atoms.